The summed E-state index contributed by atoms with van der Waals surface area (Å²) in [5.74, 6) is 0.923. The van der Waals surface area contributed by atoms with Gasteiger partial charge in [0.1, 0.15) is 5.75 Å². The number of anilines is 1. The molecule has 0 radical (unpaired) electrons. The molecule has 1 aliphatic carbocycles. The Morgan fingerprint density at radius 2 is 1.74 bits per heavy atom. The summed E-state index contributed by atoms with van der Waals surface area (Å²) in [4.78, 5) is 11.1. The van der Waals surface area contributed by atoms with Crippen molar-refractivity contribution >= 4 is 23.0 Å². The average molecular weight is 524 g/mol. The fraction of sp³-hybridized carbons (Fsp3) is 0.323. The van der Waals surface area contributed by atoms with Crippen molar-refractivity contribution in [3.8, 4) is 5.75 Å². The first-order chi connectivity index (χ1) is 18.6. The summed E-state index contributed by atoms with van der Waals surface area (Å²) in [7, 11) is 0. The van der Waals surface area contributed by atoms with Crippen LogP contribution in [-0.4, -0.2) is 25.8 Å². The van der Waals surface area contributed by atoms with E-state index in [0.717, 1.165) is 36.5 Å². The van der Waals surface area contributed by atoms with E-state index < -0.39 is 0 Å². The molecule has 1 N–H and O–H groups in total. The van der Waals surface area contributed by atoms with Crippen LogP contribution in [-0.2, 0) is 6.54 Å². The molecular formula is C31H33N5OS. The zero-order valence-corrected chi connectivity index (χ0v) is 22.7. The lowest BCUT2D eigenvalue weighted by Gasteiger charge is -2.28. The summed E-state index contributed by atoms with van der Waals surface area (Å²) >= 11 is 5.96. The second kappa shape index (κ2) is 10.6. The van der Waals surface area contributed by atoms with Crippen molar-refractivity contribution < 1.29 is 4.74 Å². The van der Waals surface area contributed by atoms with Crippen molar-refractivity contribution in [1.82, 2.24) is 19.9 Å². The highest BCUT2D eigenvalue weighted by Crippen LogP contribution is 2.43. The first-order valence-corrected chi connectivity index (χ1v) is 13.8. The molecule has 0 bridgehead atoms. The molecule has 2 atom stereocenters. The fourth-order valence-corrected chi connectivity index (χ4v) is 6.22. The number of aryl methyl sites for hydroxylation is 1. The van der Waals surface area contributed by atoms with Crippen LogP contribution in [0.1, 0.15) is 66.0 Å². The van der Waals surface area contributed by atoms with Gasteiger partial charge in [0.2, 0.25) is 0 Å². The standard InChI is InChI=1S/C31H33N5OS/c1-21-19-27(22(2)35(21)20-23-14-17-32-18-15-23)30-29(28-9-5-6-16-33-28)34-31(38)36(30)24-10-12-26(13-11-24)37-25-7-3-4-8-25/h5-6,9-19,25,29-30H,3-4,7-8,20H2,1-2H3,(H,34,38)/t29-,30-/m0/s1. The lowest BCUT2D eigenvalue weighted by Crippen LogP contribution is -2.29. The molecule has 7 heteroatoms. The minimum Gasteiger partial charge on any atom is -0.490 e. The first kappa shape index (κ1) is 24.6. The molecule has 2 aliphatic rings. The molecule has 6 rings (SSSR count). The lowest BCUT2D eigenvalue weighted by atomic mass is 9.96. The van der Waals surface area contributed by atoms with Gasteiger partial charge in [0.05, 0.1) is 23.9 Å². The lowest BCUT2D eigenvalue weighted by molar-refractivity contribution is 0.210. The second-order valence-corrected chi connectivity index (χ2v) is 10.7. The Morgan fingerprint density at radius 1 is 0.974 bits per heavy atom. The van der Waals surface area contributed by atoms with Gasteiger partial charge in [-0.3, -0.25) is 9.97 Å². The van der Waals surface area contributed by atoms with E-state index in [9.17, 15) is 0 Å². The van der Waals surface area contributed by atoms with Gasteiger partial charge in [0.25, 0.3) is 0 Å². The fourth-order valence-electron chi connectivity index (χ4n) is 5.87. The molecule has 0 amide bonds. The molecule has 0 unspecified atom stereocenters. The van der Waals surface area contributed by atoms with Crippen molar-refractivity contribution in [2.75, 3.05) is 4.90 Å². The maximum atomic E-state index is 6.23. The van der Waals surface area contributed by atoms with E-state index in [2.05, 4.69) is 82.1 Å². The number of benzene rings is 1. The van der Waals surface area contributed by atoms with Crippen LogP contribution >= 0.6 is 12.2 Å². The minimum atomic E-state index is -0.0759. The summed E-state index contributed by atoms with van der Waals surface area (Å²) in [5.41, 5.74) is 6.93. The van der Waals surface area contributed by atoms with Crippen LogP contribution in [0.25, 0.3) is 0 Å². The normalized spacial score (nSPS) is 19.6. The monoisotopic (exact) mass is 523 g/mol. The molecule has 2 fully saturated rings. The van der Waals surface area contributed by atoms with Crippen molar-refractivity contribution in [3.63, 3.8) is 0 Å². The molecule has 1 aromatic carbocycles. The van der Waals surface area contributed by atoms with Gasteiger partial charge in [0.15, 0.2) is 5.11 Å². The van der Waals surface area contributed by atoms with Gasteiger partial charge in [0, 0.05) is 42.2 Å². The zero-order valence-electron chi connectivity index (χ0n) is 21.9. The number of pyridine rings is 2. The van der Waals surface area contributed by atoms with Crippen LogP contribution < -0.4 is 15.0 Å². The number of hydrogen-bond donors (Lipinski definition) is 1. The minimum absolute atomic E-state index is 0.0450. The van der Waals surface area contributed by atoms with E-state index in [1.54, 1.807) is 0 Å². The molecule has 1 saturated heterocycles. The van der Waals surface area contributed by atoms with Crippen LogP contribution in [0.4, 0.5) is 5.69 Å². The number of aromatic nitrogens is 3. The molecule has 38 heavy (non-hydrogen) atoms. The number of rotatable bonds is 7. The third kappa shape index (κ3) is 4.78. The maximum absolute atomic E-state index is 6.23. The molecule has 6 nitrogen and oxygen atoms in total. The Hall–Kier alpha value is -3.71. The Morgan fingerprint density at radius 3 is 2.45 bits per heavy atom. The summed E-state index contributed by atoms with van der Waals surface area (Å²) < 4.78 is 8.60. The Labute approximate surface area is 229 Å². The maximum Gasteiger partial charge on any atom is 0.174 e. The summed E-state index contributed by atoms with van der Waals surface area (Å²) in [5, 5.41) is 4.30. The molecule has 1 aliphatic heterocycles. The van der Waals surface area contributed by atoms with Gasteiger partial charge in [-0.05, 0) is 117 Å². The second-order valence-electron chi connectivity index (χ2n) is 10.3. The molecule has 4 aromatic rings. The van der Waals surface area contributed by atoms with Crippen LogP contribution in [0, 0.1) is 13.8 Å². The average Bonchev–Trinajstić information content (AvgIpc) is 3.65. The van der Waals surface area contributed by atoms with Crippen LogP contribution in [0.15, 0.2) is 79.3 Å². The Balaban J connectivity index is 1.37. The predicted octanol–water partition coefficient (Wildman–Crippen LogP) is 6.44. The van der Waals surface area contributed by atoms with E-state index in [-0.39, 0.29) is 12.1 Å². The van der Waals surface area contributed by atoms with Crippen molar-refractivity contribution in [1.29, 1.82) is 0 Å². The zero-order chi connectivity index (χ0) is 26.1. The van der Waals surface area contributed by atoms with E-state index in [0.29, 0.717) is 11.2 Å². The summed E-state index contributed by atoms with van der Waals surface area (Å²) in [6.07, 6.45) is 10.7. The van der Waals surface area contributed by atoms with Gasteiger partial charge < -0.3 is 19.5 Å². The molecule has 0 spiro atoms. The highest BCUT2D eigenvalue weighted by atomic mass is 32.1. The first-order valence-electron chi connectivity index (χ1n) is 13.4. The predicted molar refractivity (Wildman–Crippen MR) is 155 cm³/mol. The largest absolute Gasteiger partial charge is 0.490 e. The van der Waals surface area contributed by atoms with Gasteiger partial charge in [-0.1, -0.05) is 6.07 Å². The molecule has 1 saturated carbocycles. The van der Waals surface area contributed by atoms with E-state index in [4.69, 9.17) is 21.9 Å². The van der Waals surface area contributed by atoms with Gasteiger partial charge in [-0.2, -0.15) is 0 Å². The number of thiocarbonyl (C=S) groups is 1. The summed E-state index contributed by atoms with van der Waals surface area (Å²) in [6, 6.07) is 20.8. The van der Waals surface area contributed by atoms with Crippen molar-refractivity contribution in [2.24, 2.45) is 0 Å². The third-order valence-corrected chi connectivity index (χ3v) is 8.15. The summed E-state index contributed by atoms with van der Waals surface area (Å²) in [6.45, 7) is 5.18. The van der Waals surface area contributed by atoms with Crippen molar-refractivity contribution in [2.45, 2.75) is 64.3 Å². The molecule has 4 heterocycles. The van der Waals surface area contributed by atoms with Crippen LogP contribution in [0.2, 0.25) is 0 Å². The third-order valence-electron chi connectivity index (χ3n) is 7.84. The van der Waals surface area contributed by atoms with Gasteiger partial charge >= 0.3 is 0 Å². The van der Waals surface area contributed by atoms with E-state index in [1.165, 1.54) is 35.4 Å². The quantitative estimate of drug-likeness (QED) is 0.281. The molecular weight excluding hydrogens is 490 g/mol. The molecule has 194 valence electrons. The highest BCUT2D eigenvalue weighted by molar-refractivity contribution is 7.80. The Kier molecular flexibility index (Phi) is 6.85. The number of ether oxygens (including phenoxy) is 1. The van der Waals surface area contributed by atoms with E-state index >= 15 is 0 Å². The number of nitrogens with zero attached hydrogens (tertiary/aromatic N) is 4. The van der Waals surface area contributed by atoms with Gasteiger partial charge in [-0.25, -0.2) is 0 Å². The van der Waals surface area contributed by atoms with E-state index in [1.807, 2.05) is 30.7 Å². The number of nitrogens with one attached hydrogen (secondary N) is 1. The highest BCUT2D eigenvalue weighted by Gasteiger charge is 2.42. The number of hydrogen-bond acceptors (Lipinski definition) is 4. The molecule has 3 aromatic heterocycles. The Bertz CT molecular complexity index is 1400. The van der Waals surface area contributed by atoms with Crippen LogP contribution in [0.5, 0.6) is 5.75 Å². The smallest absolute Gasteiger partial charge is 0.174 e. The topological polar surface area (TPSA) is 55.2 Å². The van der Waals surface area contributed by atoms with Gasteiger partial charge in [-0.15, -0.1) is 0 Å². The van der Waals surface area contributed by atoms with Crippen molar-refractivity contribution in [3.05, 3.63) is 107 Å². The van der Waals surface area contributed by atoms with Crippen LogP contribution in [0.3, 0.4) is 0 Å². The SMILES string of the molecule is Cc1cc([C@H]2[C@H](c3ccccn3)NC(=S)N2c2ccc(OC3CCCC3)cc2)c(C)n1Cc1ccncc1.